The standard InChI is InChI=1S/C10H17NO5/c1-10(2)15-8-7(13-4)6(5-11(3)12)14-9(8)16-10/h5-9H,1-4H3/b11-5+/t6-,7+,8-,9+/m0/s1. The molecule has 0 aromatic carbocycles. The van der Waals surface area contributed by atoms with Crippen LogP contribution in [0.15, 0.2) is 0 Å². The fourth-order valence-electron chi connectivity index (χ4n) is 2.10. The maximum atomic E-state index is 11.0. The quantitative estimate of drug-likeness (QED) is 0.292. The van der Waals surface area contributed by atoms with Crippen molar-refractivity contribution in [3.05, 3.63) is 5.21 Å². The molecule has 0 aromatic rings. The predicted molar refractivity (Wildman–Crippen MR) is 55.1 cm³/mol. The number of rotatable bonds is 2. The van der Waals surface area contributed by atoms with Crippen molar-refractivity contribution in [1.82, 2.24) is 0 Å². The molecule has 2 heterocycles. The molecule has 6 nitrogen and oxygen atoms in total. The lowest BCUT2D eigenvalue weighted by molar-refractivity contribution is -0.421. The summed E-state index contributed by atoms with van der Waals surface area (Å²) in [5, 5.41) is 11.0. The molecule has 4 atom stereocenters. The number of fused-ring (bicyclic) bond motifs is 1. The van der Waals surface area contributed by atoms with Gasteiger partial charge in [0.05, 0.1) is 0 Å². The zero-order valence-corrected chi connectivity index (χ0v) is 9.88. The first-order valence-electron chi connectivity index (χ1n) is 5.22. The highest BCUT2D eigenvalue weighted by Gasteiger charge is 2.55. The van der Waals surface area contributed by atoms with Gasteiger partial charge in [0.1, 0.15) is 19.3 Å². The van der Waals surface area contributed by atoms with Crippen LogP contribution in [-0.2, 0) is 18.9 Å². The summed E-state index contributed by atoms with van der Waals surface area (Å²) in [5.41, 5.74) is 0. The smallest absolute Gasteiger partial charge is 0.190 e. The molecule has 0 radical (unpaired) electrons. The third-order valence-corrected chi connectivity index (χ3v) is 2.66. The van der Waals surface area contributed by atoms with Crippen molar-refractivity contribution >= 4 is 6.21 Å². The van der Waals surface area contributed by atoms with Gasteiger partial charge < -0.3 is 24.2 Å². The fraction of sp³-hybridized carbons (Fsp3) is 0.900. The Morgan fingerprint density at radius 2 is 2.06 bits per heavy atom. The Bertz CT molecular complexity index is 300. The highest BCUT2D eigenvalue weighted by molar-refractivity contribution is 5.59. The molecule has 0 amide bonds. The van der Waals surface area contributed by atoms with Gasteiger partial charge in [-0.25, -0.2) is 4.74 Å². The van der Waals surface area contributed by atoms with Crippen LogP contribution in [0.5, 0.6) is 0 Å². The Balaban J connectivity index is 2.13. The van der Waals surface area contributed by atoms with Gasteiger partial charge in [-0.05, 0) is 13.8 Å². The van der Waals surface area contributed by atoms with E-state index in [1.165, 1.54) is 13.3 Å². The average molecular weight is 231 g/mol. The third-order valence-electron chi connectivity index (χ3n) is 2.66. The lowest BCUT2D eigenvalue weighted by Crippen LogP contribution is -2.37. The molecule has 2 aliphatic rings. The summed E-state index contributed by atoms with van der Waals surface area (Å²) < 4.78 is 22.8. The summed E-state index contributed by atoms with van der Waals surface area (Å²) in [6, 6.07) is 0. The van der Waals surface area contributed by atoms with Crippen LogP contribution in [0.25, 0.3) is 0 Å². The first-order valence-corrected chi connectivity index (χ1v) is 5.22. The van der Waals surface area contributed by atoms with E-state index in [-0.39, 0.29) is 12.2 Å². The summed E-state index contributed by atoms with van der Waals surface area (Å²) in [5.74, 6) is -0.666. The minimum atomic E-state index is -0.666. The van der Waals surface area contributed by atoms with Crippen LogP contribution in [0.2, 0.25) is 0 Å². The molecule has 0 bridgehead atoms. The molecule has 0 saturated carbocycles. The molecule has 2 aliphatic heterocycles. The number of hydroxylamine groups is 1. The van der Waals surface area contributed by atoms with Crippen LogP contribution in [0.1, 0.15) is 13.8 Å². The molecule has 0 spiro atoms. The SMILES string of the molecule is CO[C@H]1[C@@H]2OC(C)(C)O[C@H]2O[C@H]1/C=[N+](\C)[O-]. The van der Waals surface area contributed by atoms with Crippen LogP contribution in [0.4, 0.5) is 0 Å². The molecule has 0 unspecified atom stereocenters. The van der Waals surface area contributed by atoms with E-state index in [0.717, 1.165) is 0 Å². The van der Waals surface area contributed by atoms with Gasteiger partial charge in [0.15, 0.2) is 24.4 Å². The van der Waals surface area contributed by atoms with E-state index >= 15 is 0 Å². The van der Waals surface area contributed by atoms with Crippen molar-refractivity contribution < 1.29 is 23.7 Å². The molecule has 2 saturated heterocycles. The van der Waals surface area contributed by atoms with Crippen molar-refractivity contribution in [1.29, 1.82) is 0 Å². The lowest BCUT2D eigenvalue weighted by Gasteiger charge is -2.22. The van der Waals surface area contributed by atoms with Crippen LogP contribution < -0.4 is 0 Å². The molecule has 92 valence electrons. The Morgan fingerprint density at radius 1 is 1.38 bits per heavy atom. The van der Waals surface area contributed by atoms with Gasteiger partial charge in [-0.3, -0.25) is 0 Å². The molecule has 2 fully saturated rings. The van der Waals surface area contributed by atoms with E-state index in [0.29, 0.717) is 4.74 Å². The van der Waals surface area contributed by atoms with E-state index in [1.807, 2.05) is 13.8 Å². The van der Waals surface area contributed by atoms with Gasteiger partial charge in [-0.2, -0.15) is 0 Å². The van der Waals surface area contributed by atoms with Crippen LogP contribution >= 0.6 is 0 Å². The second-order valence-corrected chi connectivity index (χ2v) is 4.46. The Labute approximate surface area is 94.3 Å². The van der Waals surface area contributed by atoms with Crippen molar-refractivity contribution in [3.8, 4) is 0 Å². The Kier molecular flexibility index (Phi) is 2.91. The molecule has 16 heavy (non-hydrogen) atoms. The van der Waals surface area contributed by atoms with E-state index < -0.39 is 18.2 Å². The van der Waals surface area contributed by atoms with Crippen LogP contribution in [0.3, 0.4) is 0 Å². The third kappa shape index (κ3) is 2.06. The maximum absolute atomic E-state index is 11.0. The second kappa shape index (κ2) is 3.96. The van der Waals surface area contributed by atoms with E-state index in [1.54, 1.807) is 7.11 Å². The molecule has 0 N–H and O–H groups in total. The monoisotopic (exact) mass is 231 g/mol. The van der Waals surface area contributed by atoms with Crippen molar-refractivity contribution in [2.75, 3.05) is 14.2 Å². The molecular weight excluding hydrogens is 214 g/mol. The first kappa shape index (κ1) is 11.8. The maximum Gasteiger partial charge on any atom is 0.190 e. The summed E-state index contributed by atoms with van der Waals surface area (Å²) in [6.07, 6.45) is -0.101. The molecular formula is C10H17NO5. The zero-order chi connectivity index (χ0) is 11.9. The zero-order valence-electron chi connectivity index (χ0n) is 9.88. The Hall–Kier alpha value is -0.690. The highest BCUT2D eigenvalue weighted by atomic mass is 16.8. The summed E-state index contributed by atoms with van der Waals surface area (Å²) in [6.45, 7) is 3.64. The Morgan fingerprint density at radius 3 is 2.62 bits per heavy atom. The molecule has 6 heteroatoms. The average Bonchev–Trinajstić information content (AvgIpc) is 2.54. The second-order valence-electron chi connectivity index (χ2n) is 4.46. The van der Waals surface area contributed by atoms with Crippen LogP contribution in [-0.4, -0.2) is 55.5 Å². The molecule has 0 aromatic heterocycles. The lowest BCUT2D eigenvalue weighted by atomic mass is 10.1. The van der Waals surface area contributed by atoms with Gasteiger partial charge in [0.25, 0.3) is 0 Å². The van der Waals surface area contributed by atoms with Gasteiger partial charge >= 0.3 is 0 Å². The topological polar surface area (TPSA) is 63.0 Å². The summed E-state index contributed by atoms with van der Waals surface area (Å²) >= 11 is 0. The molecule has 2 rings (SSSR count). The number of hydrogen-bond acceptors (Lipinski definition) is 5. The van der Waals surface area contributed by atoms with Gasteiger partial charge in [0.2, 0.25) is 0 Å². The van der Waals surface area contributed by atoms with Crippen LogP contribution in [0, 0.1) is 5.21 Å². The van der Waals surface area contributed by atoms with Gasteiger partial charge in [0, 0.05) is 7.11 Å². The van der Waals surface area contributed by atoms with E-state index in [2.05, 4.69) is 0 Å². The number of nitrogens with zero attached hydrogens (tertiary/aromatic N) is 1. The number of hydrogen-bond donors (Lipinski definition) is 0. The van der Waals surface area contributed by atoms with Gasteiger partial charge in [-0.1, -0.05) is 0 Å². The van der Waals surface area contributed by atoms with Gasteiger partial charge in [-0.15, -0.1) is 0 Å². The number of methoxy groups -OCH3 is 1. The minimum absolute atomic E-state index is 0.291. The summed E-state index contributed by atoms with van der Waals surface area (Å²) in [4.78, 5) is 0. The summed E-state index contributed by atoms with van der Waals surface area (Å²) in [7, 11) is 2.96. The van der Waals surface area contributed by atoms with Crippen molar-refractivity contribution in [2.45, 2.75) is 44.2 Å². The minimum Gasteiger partial charge on any atom is -0.624 e. The molecule has 0 aliphatic carbocycles. The fourth-order valence-corrected chi connectivity index (χ4v) is 2.10. The largest absolute Gasteiger partial charge is 0.624 e. The number of ether oxygens (including phenoxy) is 4. The predicted octanol–water partition coefficient (Wildman–Crippen LogP) is 0.0887. The van der Waals surface area contributed by atoms with Crippen molar-refractivity contribution in [3.63, 3.8) is 0 Å². The first-order chi connectivity index (χ1) is 7.43. The normalized spacial score (nSPS) is 42.4. The van der Waals surface area contributed by atoms with E-state index in [9.17, 15) is 5.21 Å². The highest BCUT2D eigenvalue weighted by Crippen LogP contribution is 2.37. The van der Waals surface area contributed by atoms with Crippen molar-refractivity contribution in [2.24, 2.45) is 0 Å². The van der Waals surface area contributed by atoms with E-state index in [4.69, 9.17) is 18.9 Å².